The van der Waals surface area contributed by atoms with Crippen molar-refractivity contribution in [2.24, 2.45) is 0 Å². The summed E-state index contributed by atoms with van der Waals surface area (Å²) >= 11 is 0. The summed E-state index contributed by atoms with van der Waals surface area (Å²) in [5.41, 5.74) is 4.11. The lowest BCUT2D eigenvalue weighted by atomic mass is 9.98. The van der Waals surface area contributed by atoms with Crippen LogP contribution in [0.2, 0.25) is 0 Å². The largest absolute Gasteiger partial charge is 0.480 e. The Hall–Kier alpha value is -2.96. The summed E-state index contributed by atoms with van der Waals surface area (Å²) in [6.07, 6.45) is -2.04. The number of alkyl carbamates (subject to hydrolysis) is 1. The number of amides is 1. The second-order valence-electron chi connectivity index (χ2n) is 6.64. The lowest BCUT2D eigenvalue weighted by Gasteiger charge is -2.19. The predicted molar refractivity (Wildman–Crippen MR) is 94.9 cm³/mol. The van der Waals surface area contributed by atoms with E-state index in [0.29, 0.717) is 6.92 Å². The molecule has 7 heteroatoms. The number of aliphatic carboxylic acids is 1. The van der Waals surface area contributed by atoms with E-state index in [2.05, 4.69) is 0 Å². The zero-order valence-electron chi connectivity index (χ0n) is 14.6. The first-order valence-corrected chi connectivity index (χ1v) is 8.48. The lowest BCUT2D eigenvalue weighted by molar-refractivity contribution is -0.141. The number of ether oxygens (including phenoxy) is 1. The zero-order chi connectivity index (χ0) is 19.6. The number of fused-ring (bicyclic) bond motifs is 3. The highest BCUT2D eigenvalue weighted by Gasteiger charge is 2.33. The van der Waals surface area contributed by atoms with Crippen molar-refractivity contribution in [3.8, 4) is 11.1 Å². The number of rotatable bonds is 6. The molecule has 0 heterocycles. The van der Waals surface area contributed by atoms with Crippen molar-refractivity contribution in [1.82, 2.24) is 5.32 Å². The number of benzene rings is 2. The fraction of sp³-hybridized carbons (Fsp3) is 0.300. The Morgan fingerprint density at radius 2 is 1.63 bits per heavy atom. The topological polar surface area (TPSA) is 75.6 Å². The van der Waals surface area contributed by atoms with E-state index in [0.717, 1.165) is 22.3 Å². The van der Waals surface area contributed by atoms with Crippen molar-refractivity contribution in [3.05, 3.63) is 59.7 Å². The van der Waals surface area contributed by atoms with Crippen molar-refractivity contribution >= 4 is 12.1 Å². The van der Waals surface area contributed by atoms with Crippen molar-refractivity contribution in [2.45, 2.75) is 31.2 Å². The van der Waals surface area contributed by atoms with Crippen LogP contribution >= 0.6 is 0 Å². The summed E-state index contributed by atoms with van der Waals surface area (Å²) < 4.78 is 31.4. The Morgan fingerprint density at radius 3 is 2.11 bits per heavy atom. The molecule has 1 atom stereocenters. The third kappa shape index (κ3) is 4.24. The Kier molecular flexibility index (Phi) is 5.12. The molecule has 1 unspecified atom stereocenters. The van der Waals surface area contributed by atoms with Gasteiger partial charge in [0.05, 0.1) is 0 Å². The van der Waals surface area contributed by atoms with Gasteiger partial charge in [-0.15, -0.1) is 0 Å². The molecule has 0 radical (unpaired) electrons. The molecule has 0 saturated heterocycles. The number of halogens is 2. The second-order valence-corrected chi connectivity index (χ2v) is 6.64. The zero-order valence-corrected chi connectivity index (χ0v) is 14.6. The van der Waals surface area contributed by atoms with Gasteiger partial charge < -0.3 is 15.2 Å². The van der Waals surface area contributed by atoms with Crippen LogP contribution in [0.25, 0.3) is 11.1 Å². The molecule has 1 aliphatic carbocycles. The molecule has 1 amide bonds. The second kappa shape index (κ2) is 7.34. The molecule has 2 aromatic carbocycles. The number of carboxylic acids is 1. The van der Waals surface area contributed by atoms with E-state index in [1.54, 1.807) is 0 Å². The van der Waals surface area contributed by atoms with Crippen LogP contribution < -0.4 is 5.32 Å². The first-order valence-electron chi connectivity index (χ1n) is 8.48. The summed E-state index contributed by atoms with van der Waals surface area (Å²) in [5.74, 6) is -4.95. The molecular formula is C20H19F2NO4. The molecule has 2 aromatic rings. The van der Waals surface area contributed by atoms with Gasteiger partial charge in [0.15, 0.2) is 0 Å². The van der Waals surface area contributed by atoms with Crippen LogP contribution in [-0.2, 0) is 9.53 Å². The molecular weight excluding hydrogens is 356 g/mol. The molecule has 0 fully saturated rings. The summed E-state index contributed by atoms with van der Waals surface area (Å²) in [4.78, 5) is 23.1. The molecule has 2 N–H and O–H groups in total. The summed E-state index contributed by atoms with van der Waals surface area (Å²) in [6.45, 7) is 0.580. The minimum atomic E-state index is -3.22. The van der Waals surface area contributed by atoms with E-state index in [-0.39, 0.29) is 12.5 Å². The molecule has 0 aromatic heterocycles. The van der Waals surface area contributed by atoms with E-state index in [1.165, 1.54) is 0 Å². The van der Waals surface area contributed by atoms with E-state index in [9.17, 15) is 18.4 Å². The van der Waals surface area contributed by atoms with Gasteiger partial charge in [0.1, 0.15) is 12.6 Å². The maximum Gasteiger partial charge on any atom is 0.407 e. The third-order valence-electron chi connectivity index (χ3n) is 4.50. The predicted octanol–water partition coefficient (Wildman–Crippen LogP) is 4.02. The van der Waals surface area contributed by atoms with Gasteiger partial charge in [0.25, 0.3) is 0 Å². The molecule has 0 spiro atoms. The summed E-state index contributed by atoms with van der Waals surface area (Å²) in [5, 5.41) is 11.0. The van der Waals surface area contributed by atoms with Gasteiger partial charge in [0.2, 0.25) is 5.92 Å². The maximum absolute atomic E-state index is 13.1. The molecule has 5 nitrogen and oxygen atoms in total. The van der Waals surface area contributed by atoms with Crippen LogP contribution in [0, 0.1) is 0 Å². The van der Waals surface area contributed by atoms with Gasteiger partial charge >= 0.3 is 12.1 Å². The minimum Gasteiger partial charge on any atom is -0.480 e. The fourth-order valence-electron chi connectivity index (χ4n) is 3.34. The number of alkyl halides is 2. The Labute approximate surface area is 155 Å². The number of carboxylic acid groups (broad SMARTS) is 1. The van der Waals surface area contributed by atoms with Crippen LogP contribution in [-0.4, -0.2) is 35.7 Å². The van der Waals surface area contributed by atoms with Crippen molar-refractivity contribution in [3.63, 3.8) is 0 Å². The van der Waals surface area contributed by atoms with Crippen LogP contribution in [0.3, 0.4) is 0 Å². The summed E-state index contributed by atoms with van der Waals surface area (Å²) in [7, 11) is 0. The van der Waals surface area contributed by atoms with Crippen LogP contribution in [0.15, 0.2) is 48.5 Å². The highest BCUT2D eigenvalue weighted by atomic mass is 19.3. The smallest absolute Gasteiger partial charge is 0.407 e. The number of carbonyl (C=O) groups is 2. The normalized spacial score (nSPS) is 14.2. The first kappa shape index (κ1) is 18.8. The third-order valence-corrected chi connectivity index (χ3v) is 4.50. The van der Waals surface area contributed by atoms with Crippen LogP contribution in [0.1, 0.15) is 30.4 Å². The van der Waals surface area contributed by atoms with Crippen LogP contribution in [0.4, 0.5) is 13.6 Å². The van der Waals surface area contributed by atoms with Gasteiger partial charge in [-0.1, -0.05) is 48.5 Å². The minimum absolute atomic E-state index is 0.0191. The van der Waals surface area contributed by atoms with Gasteiger partial charge in [-0.25, -0.2) is 18.4 Å². The number of carbonyl (C=O) groups excluding carboxylic acids is 1. The molecule has 0 aliphatic heterocycles. The van der Waals surface area contributed by atoms with E-state index in [4.69, 9.17) is 9.84 Å². The molecule has 0 saturated carbocycles. The van der Waals surface area contributed by atoms with E-state index < -0.39 is 30.4 Å². The highest BCUT2D eigenvalue weighted by molar-refractivity contribution is 5.81. The summed E-state index contributed by atoms with van der Waals surface area (Å²) in [6, 6.07) is 13.8. The van der Waals surface area contributed by atoms with Crippen LogP contribution in [0.5, 0.6) is 0 Å². The van der Waals surface area contributed by atoms with Gasteiger partial charge in [0, 0.05) is 12.3 Å². The van der Waals surface area contributed by atoms with Gasteiger partial charge in [-0.05, 0) is 29.2 Å². The van der Waals surface area contributed by atoms with Crippen molar-refractivity contribution in [2.75, 3.05) is 6.61 Å². The molecule has 27 heavy (non-hydrogen) atoms. The Balaban J connectivity index is 1.69. The average molecular weight is 375 g/mol. The van der Waals surface area contributed by atoms with Crippen molar-refractivity contribution < 1.29 is 28.2 Å². The number of nitrogens with one attached hydrogen (secondary N) is 1. The average Bonchev–Trinajstić information content (AvgIpc) is 2.92. The monoisotopic (exact) mass is 375 g/mol. The molecule has 3 rings (SSSR count). The van der Waals surface area contributed by atoms with E-state index >= 15 is 0 Å². The fourth-order valence-corrected chi connectivity index (χ4v) is 3.34. The Bertz CT molecular complexity index is 818. The Morgan fingerprint density at radius 1 is 1.11 bits per heavy atom. The highest BCUT2D eigenvalue weighted by Crippen LogP contribution is 2.44. The standard InChI is InChI=1S/C20H19F2NO4/c1-20(21,22)10-17(18(24)25)23-19(26)27-11-16-14-8-4-2-6-12(14)13-7-3-5-9-15(13)16/h2-9,16-17H,10-11H2,1H3,(H,23,26)(H,24,25). The van der Waals surface area contributed by atoms with Gasteiger partial charge in [-0.2, -0.15) is 0 Å². The quantitative estimate of drug-likeness (QED) is 0.800. The first-order chi connectivity index (χ1) is 12.8. The van der Waals surface area contributed by atoms with Gasteiger partial charge in [-0.3, -0.25) is 0 Å². The SMILES string of the molecule is CC(F)(F)CC(NC(=O)OCC1c2ccccc2-c2ccccc21)C(=O)O. The molecule has 142 valence electrons. The van der Waals surface area contributed by atoms with E-state index in [1.807, 2.05) is 53.8 Å². The molecule has 1 aliphatic rings. The number of hydrogen-bond acceptors (Lipinski definition) is 3. The number of hydrogen-bond donors (Lipinski definition) is 2. The van der Waals surface area contributed by atoms with Crippen molar-refractivity contribution in [1.29, 1.82) is 0 Å². The molecule has 0 bridgehead atoms. The maximum atomic E-state index is 13.1. The lowest BCUT2D eigenvalue weighted by Crippen LogP contribution is -2.44.